The van der Waals surface area contributed by atoms with Crippen LogP contribution in [0.5, 0.6) is 0 Å². The van der Waals surface area contributed by atoms with Gasteiger partial charge in [0.1, 0.15) is 0 Å². The number of hydrogen-bond acceptors (Lipinski definition) is 2. The molecule has 2 fully saturated rings. The van der Waals surface area contributed by atoms with Crippen LogP contribution in [-0.4, -0.2) is 15.6 Å². The highest BCUT2D eigenvalue weighted by Crippen LogP contribution is 2.38. The van der Waals surface area contributed by atoms with E-state index in [4.69, 9.17) is 0 Å². The zero-order valence-electron chi connectivity index (χ0n) is 10.2. The van der Waals surface area contributed by atoms with Crippen molar-refractivity contribution in [2.75, 3.05) is 5.32 Å². The molecule has 1 N–H and O–H groups in total. The molecule has 1 unspecified atom stereocenters. The summed E-state index contributed by atoms with van der Waals surface area (Å²) in [5.74, 6) is 1.97. The fourth-order valence-corrected chi connectivity index (χ4v) is 2.49. The van der Waals surface area contributed by atoms with Gasteiger partial charge in [-0.15, -0.1) is 0 Å². The molecule has 1 aromatic rings. The van der Waals surface area contributed by atoms with Crippen molar-refractivity contribution in [2.24, 2.45) is 5.92 Å². The summed E-state index contributed by atoms with van der Waals surface area (Å²) in [6.07, 6.45) is 9.01. The van der Waals surface area contributed by atoms with Crippen LogP contribution in [0.3, 0.4) is 0 Å². The van der Waals surface area contributed by atoms with Gasteiger partial charge in [0.05, 0.1) is 5.69 Å². The van der Waals surface area contributed by atoms with Gasteiger partial charge in [-0.1, -0.05) is 6.42 Å². The van der Waals surface area contributed by atoms with E-state index in [0.29, 0.717) is 12.1 Å². The number of anilines is 1. The van der Waals surface area contributed by atoms with Crippen LogP contribution in [0.25, 0.3) is 0 Å². The summed E-state index contributed by atoms with van der Waals surface area (Å²) in [5, 5.41) is 3.54. The smallest absolute Gasteiger partial charge is 0.203 e. The summed E-state index contributed by atoms with van der Waals surface area (Å²) in [5.41, 5.74) is 1.13. The predicted molar refractivity (Wildman–Crippen MR) is 65.7 cm³/mol. The summed E-state index contributed by atoms with van der Waals surface area (Å²) in [6.45, 7) is 4.42. The van der Waals surface area contributed by atoms with Crippen molar-refractivity contribution in [3.05, 3.63) is 11.9 Å². The molecular formula is C13H21N3. The third kappa shape index (κ3) is 1.83. The normalized spacial score (nSPS) is 22.9. The minimum Gasteiger partial charge on any atom is -0.353 e. The van der Waals surface area contributed by atoms with Crippen LogP contribution in [0.15, 0.2) is 6.20 Å². The van der Waals surface area contributed by atoms with Gasteiger partial charge in [0.15, 0.2) is 0 Å². The first-order valence-corrected chi connectivity index (χ1v) is 6.56. The summed E-state index contributed by atoms with van der Waals surface area (Å²) in [4.78, 5) is 4.60. The van der Waals surface area contributed by atoms with Gasteiger partial charge in [-0.3, -0.25) is 0 Å². The number of imidazole rings is 1. The first-order chi connectivity index (χ1) is 7.74. The molecule has 88 valence electrons. The summed E-state index contributed by atoms with van der Waals surface area (Å²) in [6, 6.07) is 1.30. The van der Waals surface area contributed by atoms with E-state index in [9.17, 15) is 0 Å². The molecule has 2 aliphatic carbocycles. The molecule has 0 radical (unpaired) electrons. The fourth-order valence-electron chi connectivity index (χ4n) is 2.49. The molecule has 1 aromatic heterocycles. The Balaban J connectivity index is 1.79. The van der Waals surface area contributed by atoms with E-state index in [1.54, 1.807) is 0 Å². The number of nitrogens with zero attached hydrogens (tertiary/aromatic N) is 2. The number of aryl methyl sites for hydroxylation is 1. The molecule has 0 bridgehead atoms. The van der Waals surface area contributed by atoms with Gasteiger partial charge in [0.25, 0.3) is 0 Å². The molecule has 0 aliphatic heterocycles. The fraction of sp³-hybridized carbons (Fsp3) is 0.769. The minimum atomic E-state index is 0.608. The number of aromatic nitrogens is 2. The molecule has 0 spiro atoms. The highest BCUT2D eigenvalue weighted by molar-refractivity contribution is 5.33. The zero-order chi connectivity index (χ0) is 11.1. The van der Waals surface area contributed by atoms with Crippen molar-refractivity contribution in [3.63, 3.8) is 0 Å². The van der Waals surface area contributed by atoms with E-state index in [1.165, 1.54) is 32.1 Å². The van der Waals surface area contributed by atoms with Crippen molar-refractivity contribution in [2.45, 2.75) is 58.0 Å². The molecule has 16 heavy (non-hydrogen) atoms. The molecule has 3 nitrogen and oxygen atoms in total. The second-order valence-electron chi connectivity index (χ2n) is 5.46. The SMILES string of the molecule is Cc1cn(C(C)C2CCC2)c(NC2CC2)n1. The van der Waals surface area contributed by atoms with E-state index in [1.807, 2.05) is 0 Å². The van der Waals surface area contributed by atoms with Gasteiger partial charge in [0.2, 0.25) is 5.95 Å². The molecule has 0 aromatic carbocycles. The van der Waals surface area contributed by atoms with Gasteiger partial charge < -0.3 is 9.88 Å². The zero-order valence-corrected chi connectivity index (χ0v) is 10.2. The Morgan fingerprint density at radius 2 is 2.12 bits per heavy atom. The molecule has 0 saturated heterocycles. The Morgan fingerprint density at radius 3 is 2.69 bits per heavy atom. The third-order valence-corrected chi connectivity index (χ3v) is 4.03. The lowest BCUT2D eigenvalue weighted by Gasteiger charge is -2.33. The van der Waals surface area contributed by atoms with Crippen molar-refractivity contribution in [1.29, 1.82) is 0 Å². The highest BCUT2D eigenvalue weighted by atomic mass is 15.2. The molecule has 2 saturated carbocycles. The number of rotatable bonds is 4. The van der Waals surface area contributed by atoms with E-state index in [2.05, 4.69) is 34.9 Å². The van der Waals surface area contributed by atoms with E-state index < -0.39 is 0 Å². The van der Waals surface area contributed by atoms with Crippen molar-refractivity contribution < 1.29 is 0 Å². The van der Waals surface area contributed by atoms with Crippen LogP contribution >= 0.6 is 0 Å². The van der Waals surface area contributed by atoms with Gasteiger partial charge in [-0.25, -0.2) is 4.98 Å². The second kappa shape index (κ2) is 3.79. The van der Waals surface area contributed by atoms with Crippen LogP contribution < -0.4 is 5.32 Å². The minimum absolute atomic E-state index is 0.608. The molecule has 3 heteroatoms. The largest absolute Gasteiger partial charge is 0.353 e. The lowest BCUT2D eigenvalue weighted by molar-refractivity contribution is 0.224. The summed E-state index contributed by atoms with van der Waals surface area (Å²) >= 11 is 0. The Morgan fingerprint density at radius 1 is 1.38 bits per heavy atom. The molecular weight excluding hydrogens is 198 g/mol. The monoisotopic (exact) mass is 219 g/mol. The average Bonchev–Trinajstić information content (AvgIpc) is 2.87. The maximum atomic E-state index is 4.60. The molecule has 1 atom stereocenters. The molecule has 0 amide bonds. The van der Waals surface area contributed by atoms with Crippen LogP contribution in [-0.2, 0) is 0 Å². The first kappa shape index (κ1) is 10.2. The molecule has 1 heterocycles. The summed E-state index contributed by atoms with van der Waals surface area (Å²) in [7, 11) is 0. The van der Waals surface area contributed by atoms with Gasteiger partial charge in [-0.05, 0) is 45.4 Å². The second-order valence-corrected chi connectivity index (χ2v) is 5.46. The van der Waals surface area contributed by atoms with Crippen LogP contribution in [0.2, 0.25) is 0 Å². The highest BCUT2D eigenvalue weighted by Gasteiger charge is 2.28. The number of nitrogens with one attached hydrogen (secondary N) is 1. The Labute approximate surface area is 97.3 Å². The van der Waals surface area contributed by atoms with E-state index in [0.717, 1.165) is 17.6 Å². The maximum absolute atomic E-state index is 4.60. The Hall–Kier alpha value is -0.990. The standard InChI is InChI=1S/C13H21N3/c1-9-8-16(10(2)11-4-3-5-11)13(14-9)15-12-6-7-12/h8,10-12H,3-7H2,1-2H3,(H,14,15). The average molecular weight is 219 g/mol. The van der Waals surface area contributed by atoms with Crippen LogP contribution in [0, 0.1) is 12.8 Å². The lowest BCUT2D eigenvalue weighted by Crippen LogP contribution is -2.24. The lowest BCUT2D eigenvalue weighted by atomic mass is 9.80. The van der Waals surface area contributed by atoms with E-state index in [-0.39, 0.29) is 0 Å². The molecule has 2 aliphatic rings. The van der Waals surface area contributed by atoms with Gasteiger partial charge >= 0.3 is 0 Å². The van der Waals surface area contributed by atoms with Crippen LogP contribution in [0.1, 0.15) is 50.8 Å². The van der Waals surface area contributed by atoms with Gasteiger partial charge in [0, 0.05) is 18.3 Å². The first-order valence-electron chi connectivity index (χ1n) is 6.56. The summed E-state index contributed by atoms with van der Waals surface area (Å²) < 4.78 is 2.36. The van der Waals surface area contributed by atoms with Crippen molar-refractivity contribution >= 4 is 5.95 Å². The quantitative estimate of drug-likeness (QED) is 0.843. The van der Waals surface area contributed by atoms with Gasteiger partial charge in [-0.2, -0.15) is 0 Å². The number of hydrogen-bond donors (Lipinski definition) is 1. The topological polar surface area (TPSA) is 29.9 Å². The Kier molecular flexibility index (Phi) is 2.41. The van der Waals surface area contributed by atoms with Crippen molar-refractivity contribution in [1.82, 2.24) is 9.55 Å². The van der Waals surface area contributed by atoms with Crippen molar-refractivity contribution in [3.8, 4) is 0 Å². The van der Waals surface area contributed by atoms with Crippen LogP contribution in [0.4, 0.5) is 5.95 Å². The Bertz CT molecular complexity index is 375. The third-order valence-electron chi connectivity index (χ3n) is 4.03. The maximum Gasteiger partial charge on any atom is 0.203 e. The van der Waals surface area contributed by atoms with E-state index >= 15 is 0 Å². The predicted octanol–water partition coefficient (Wildman–Crippen LogP) is 3.13. The molecule has 3 rings (SSSR count).